The van der Waals surface area contributed by atoms with Crippen LogP contribution in [-0.4, -0.2) is 28.9 Å². The Morgan fingerprint density at radius 1 is 1.32 bits per heavy atom. The van der Waals surface area contributed by atoms with Gasteiger partial charge in [-0.1, -0.05) is 6.07 Å². The topological polar surface area (TPSA) is 61.2 Å². The van der Waals surface area contributed by atoms with Crippen LogP contribution in [0.5, 0.6) is 11.5 Å². The first-order valence-corrected chi connectivity index (χ1v) is 6.01. The number of nitrogens with one attached hydrogen (secondary N) is 1. The molecule has 0 aliphatic carbocycles. The van der Waals surface area contributed by atoms with Crippen LogP contribution >= 0.6 is 0 Å². The van der Waals surface area contributed by atoms with E-state index in [0.717, 1.165) is 17.9 Å². The molecule has 0 saturated carbocycles. The second-order valence-corrected chi connectivity index (χ2v) is 4.10. The summed E-state index contributed by atoms with van der Waals surface area (Å²) in [6.07, 6.45) is 1.51. The highest BCUT2D eigenvalue weighted by Crippen LogP contribution is 2.28. The van der Waals surface area contributed by atoms with Gasteiger partial charge in [-0.15, -0.1) is 0 Å². The first-order valence-electron chi connectivity index (χ1n) is 6.01. The van der Waals surface area contributed by atoms with Crippen molar-refractivity contribution in [1.29, 1.82) is 0 Å². The van der Waals surface area contributed by atoms with Crippen LogP contribution in [0.4, 0.5) is 0 Å². The highest BCUT2D eigenvalue weighted by molar-refractivity contribution is 5.42. The summed E-state index contributed by atoms with van der Waals surface area (Å²) in [5.74, 6) is 2.18. The molecule has 6 nitrogen and oxygen atoms in total. The predicted molar refractivity (Wildman–Crippen MR) is 71.1 cm³/mol. The van der Waals surface area contributed by atoms with Crippen LogP contribution in [0, 0.1) is 0 Å². The summed E-state index contributed by atoms with van der Waals surface area (Å²) in [5, 5.41) is 7.11. The second-order valence-electron chi connectivity index (χ2n) is 4.10. The minimum atomic E-state index is 0.357. The van der Waals surface area contributed by atoms with E-state index in [1.54, 1.807) is 11.8 Å². The molecule has 0 spiro atoms. The van der Waals surface area contributed by atoms with Gasteiger partial charge in [0.2, 0.25) is 0 Å². The van der Waals surface area contributed by atoms with Gasteiger partial charge in [-0.3, -0.25) is 4.68 Å². The van der Waals surface area contributed by atoms with E-state index in [9.17, 15) is 0 Å². The molecule has 0 unspecified atom stereocenters. The highest BCUT2D eigenvalue weighted by atomic mass is 16.5. The average Bonchev–Trinajstić information content (AvgIpc) is 2.82. The van der Waals surface area contributed by atoms with Crippen LogP contribution in [0.2, 0.25) is 0 Å². The van der Waals surface area contributed by atoms with Gasteiger partial charge in [0.25, 0.3) is 0 Å². The van der Waals surface area contributed by atoms with E-state index >= 15 is 0 Å². The molecule has 0 atom stereocenters. The molecule has 1 aromatic heterocycles. The van der Waals surface area contributed by atoms with Crippen LogP contribution in [-0.2, 0) is 20.2 Å². The molecule has 0 aliphatic rings. The summed E-state index contributed by atoms with van der Waals surface area (Å²) in [6.45, 7) is 1.14. The molecule has 2 aromatic rings. The van der Waals surface area contributed by atoms with Crippen molar-refractivity contribution in [3.63, 3.8) is 0 Å². The summed E-state index contributed by atoms with van der Waals surface area (Å²) >= 11 is 0. The van der Waals surface area contributed by atoms with Crippen LogP contribution in [0.3, 0.4) is 0 Å². The van der Waals surface area contributed by atoms with Crippen molar-refractivity contribution in [2.24, 2.45) is 7.05 Å². The normalized spacial score (nSPS) is 10.5. The molecular formula is C13H18N4O2. The fourth-order valence-electron chi connectivity index (χ4n) is 1.74. The Morgan fingerprint density at radius 2 is 2.16 bits per heavy atom. The van der Waals surface area contributed by atoms with Gasteiger partial charge < -0.3 is 14.8 Å². The molecule has 0 saturated heterocycles. The number of hydrogen-bond acceptors (Lipinski definition) is 5. The van der Waals surface area contributed by atoms with Crippen molar-refractivity contribution in [3.8, 4) is 11.5 Å². The summed E-state index contributed by atoms with van der Waals surface area (Å²) < 4.78 is 12.7. The monoisotopic (exact) mass is 262 g/mol. The highest BCUT2D eigenvalue weighted by Gasteiger charge is 2.08. The summed E-state index contributed by atoms with van der Waals surface area (Å²) in [4.78, 5) is 4.12. The lowest BCUT2D eigenvalue weighted by Gasteiger charge is -2.12. The van der Waals surface area contributed by atoms with Crippen LogP contribution < -0.4 is 14.8 Å². The number of methoxy groups -OCH3 is 1. The number of aryl methyl sites for hydroxylation is 1. The van der Waals surface area contributed by atoms with Gasteiger partial charge in [0, 0.05) is 13.6 Å². The van der Waals surface area contributed by atoms with E-state index < -0.39 is 0 Å². The summed E-state index contributed by atoms with van der Waals surface area (Å²) in [5.41, 5.74) is 1.14. The quantitative estimate of drug-likeness (QED) is 0.845. The van der Waals surface area contributed by atoms with E-state index in [2.05, 4.69) is 15.4 Å². The Morgan fingerprint density at radius 3 is 2.79 bits per heavy atom. The third-order valence-corrected chi connectivity index (χ3v) is 2.77. The SMILES string of the molecule is CNCc1ccc(OC)c(OCc2ncnn2C)c1. The summed E-state index contributed by atoms with van der Waals surface area (Å²) in [7, 11) is 5.37. The molecule has 102 valence electrons. The molecule has 1 heterocycles. The Labute approximate surface area is 112 Å². The zero-order chi connectivity index (χ0) is 13.7. The number of nitrogens with zero attached hydrogens (tertiary/aromatic N) is 3. The fourth-order valence-corrected chi connectivity index (χ4v) is 1.74. The zero-order valence-corrected chi connectivity index (χ0v) is 11.4. The smallest absolute Gasteiger partial charge is 0.164 e. The molecule has 1 N–H and O–H groups in total. The maximum atomic E-state index is 5.76. The van der Waals surface area contributed by atoms with Gasteiger partial charge >= 0.3 is 0 Å². The molecule has 0 bridgehead atoms. The van der Waals surface area contributed by atoms with Crippen LogP contribution in [0.1, 0.15) is 11.4 Å². The molecule has 19 heavy (non-hydrogen) atoms. The largest absolute Gasteiger partial charge is 0.493 e. The lowest BCUT2D eigenvalue weighted by Crippen LogP contribution is -2.07. The number of benzene rings is 1. The van der Waals surface area contributed by atoms with Gasteiger partial charge in [-0.25, -0.2) is 4.98 Å². The first kappa shape index (κ1) is 13.4. The third kappa shape index (κ3) is 3.23. The maximum absolute atomic E-state index is 5.76. The van der Waals surface area contributed by atoms with E-state index in [-0.39, 0.29) is 0 Å². The van der Waals surface area contributed by atoms with Gasteiger partial charge in [-0.05, 0) is 24.7 Å². The predicted octanol–water partition coefficient (Wildman–Crippen LogP) is 1.12. The molecule has 0 fully saturated rings. The lowest BCUT2D eigenvalue weighted by atomic mass is 10.2. The van der Waals surface area contributed by atoms with Crippen molar-refractivity contribution < 1.29 is 9.47 Å². The summed E-state index contributed by atoms with van der Waals surface area (Å²) in [6, 6.07) is 5.87. The lowest BCUT2D eigenvalue weighted by molar-refractivity contribution is 0.271. The minimum absolute atomic E-state index is 0.357. The zero-order valence-electron chi connectivity index (χ0n) is 11.4. The number of ether oxygens (including phenoxy) is 2. The number of rotatable bonds is 6. The maximum Gasteiger partial charge on any atom is 0.164 e. The second kappa shape index (κ2) is 6.19. The molecule has 6 heteroatoms. The molecule has 2 rings (SSSR count). The minimum Gasteiger partial charge on any atom is -0.493 e. The Kier molecular flexibility index (Phi) is 4.35. The van der Waals surface area contributed by atoms with Crippen molar-refractivity contribution >= 4 is 0 Å². The Balaban J connectivity index is 2.13. The van der Waals surface area contributed by atoms with E-state index in [4.69, 9.17) is 9.47 Å². The number of aromatic nitrogens is 3. The van der Waals surface area contributed by atoms with Crippen LogP contribution in [0.25, 0.3) is 0 Å². The van der Waals surface area contributed by atoms with Crippen molar-refractivity contribution in [1.82, 2.24) is 20.1 Å². The Bertz CT molecular complexity index is 539. The molecule has 1 aromatic carbocycles. The molecule has 0 amide bonds. The average molecular weight is 262 g/mol. The van der Waals surface area contributed by atoms with Gasteiger partial charge in [0.05, 0.1) is 7.11 Å². The van der Waals surface area contributed by atoms with Gasteiger partial charge in [0.15, 0.2) is 17.3 Å². The third-order valence-electron chi connectivity index (χ3n) is 2.77. The molecule has 0 aliphatic heterocycles. The van der Waals surface area contributed by atoms with Crippen molar-refractivity contribution in [3.05, 3.63) is 35.9 Å². The van der Waals surface area contributed by atoms with E-state index in [1.165, 1.54) is 6.33 Å². The first-order chi connectivity index (χ1) is 9.24. The molecule has 0 radical (unpaired) electrons. The number of hydrogen-bond donors (Lipinski definition) is 1. The van der Waals surface area contributed by atoms with Crippen molar-refractivity contribution in [2.45, 2.75) is 13.2 Å². The van der Waals surface area contributed by atoms with Gasteiger partial charge in [0.1, 0.15) is 12.9 Å². The van der Waals surface area contributed by atoms with Gasteiger partial charge in [-0.2, -0.15) is 5.10 Å². The van der Waals surface area contributed by atoms with E-state index in [1.807, 2.05) is 32.3 Å². The van der Waals surface area contributed by atoms with Crippen molar-refractivity contribution in [2.75, 3.05) is 14.2 Å². The standard InChI is InChI=1S/C13H18N4O2/c1-14-7-10-4-5-11(18-3)12(6-10)19-8-13-15-9-16-17(13)2/h4-6,9,14H,7-8H2,1-3H3. The Hall–Kier alpha value is -2.08. The van der Waals surface area contributed by atoms with Crippen LogP contribution in [0.15, 0.2) is 24.5 Å². The fraction of sp³-hybridized carbons (Fsp3) is 0.385. The molecular weight excluding hydrogens is 244 g/mol. The van der Waals surface area contributed by atoms with E-state index in [0.29, 0.717) is 18.1 Å².